The van der Waals surface area contributed by atoms with Crippen molar-refractivity contribution < 1.29 is 0 Å². The third kappa shape index (κ3) is 5.07. The zero-order valence-corrected chi connectivity index (χ0v) is 31.3. The summed E-state index contributed by atoms with van der Waals surface area (Å²) >= 11 is 0. The van der Waals surface area contributed by atoms with E-state index in [1.165, 1.54) is 21.5 Å². The summed E-state index contributed by atoms with van der Waals surface area (Å²) in [7, 11) is 0. The highest BCUT2D eigenvalue weighted by Crippen LogP contribution is 2.40. The zero-order valence-electron chi connectivity index (χ0n) is 31.3. The molecule has 0 aliphatic carbocycles. The number of benzene rings is 8. The summed E-state index contributed by atoms with van der Waals surface area (Å²) < 4.78 is 4.68. The summed E-state index contributed by atoms with van der Waals surface area (Å²) in [6, 6.07) is 70.8. The van der Waals surface area contributed by atoms with Crippen molar-refractivity contribution in [2.24, 2.45) is 0 Å². The second kappa shape index (κ2) is 12.8. The van der Waals surface area contributed by atoms with E-state index in [4.69, 9.17) is 15.0 Å². The van der Waals surface area contributed by atoms with Crippen molar-refractivity contribution in [3.8, 4) is 45.1 Å². The topological polar surface area (TPSA) is 48.5 Å². The van der Waals surface area contributed by atoms with Gasteiger partial charge in [0.1, 0.15) is 5.69 Å². The van der Waals surface area contributed by atoms with E-state index in [2.05, 4.69) is 173 Å². The van der Waals surface area contributed by atoms with Gasteiger partial charge in [0.15, 0.2) is 5.82 Å². The van der Waals surface area contributed by atoms with Gasteiger partial charge in [0, 0.05) is 43.7 Å². The lowest BCUT2D eigenvalue weighted by Gasteiger charge is -2.14. The predicted molar refractivity (Wildman–Crippen MR) is 240 cm³/mol. The molecule has 270 valence electrons. The van der Waals surface area contributed by atoms with E-state index in [1.54, 1.807) is 0 Å². The molecule has 5 nitrogen and oxygen atoms in total. The predicted octanol–water partition coefficient (Wildman–Crippen LogP) is 13.4. The molecular weight excluding hydrogens is 707 g/mol. The number of hydrogen-bond acceptors (Lipinski definition) is 3. The van der Waals surface area contributed by atoms with Crippen LogP contribution in [-0.2, 0) is 0 Å². The molecule has 0 bridgehead atoms. The molecule has 4 heterocycles. The molecule has 4 aromatic heterocycles. The monoisotopic (exact) mass is 739 g/mol. The van der Waals surface area contributed by atoms with Crippen molar-refractivity contribution in [3.63, 3.8) is 0 Å². The summed E-state index contributed by atoms with van der Waals surface area (Å²) in [5.74, 6) is 0.813. The first kappa shape index (κ1) is 32.4. The highest BCUT2D eigenvalue weighted by Gasteiger charge is 2.20. The Morgan fingerprint density at radius 2 is 0.931 bits per heavy atom. The molecule has 8 aromatic carbocycles. The van der Waals surface area contributed by atoms with Crippen molar-refractivity contribution in [2.45, 2.75) is 0 Å². The first-order valence-electron chi connectivity index (χ1n) is 19.6. The van der Waals surface area contributed by atoms with E-state index in [-0.39, 0.29) is 0 Å². The van der Waals surface area contributed by atoms with Gasteiger partial charge in [-0.3, -0.25) is 4.57 Å². The molecule has 0 amide bonds. The van der Waals surface area contributed by atoms with Crippen LogP contribution in [0.3, 0.4) is 0 Å². The Hall–Kier alpha value is -7.89. The minimum Gasteiger partial charge on any atom is -0.309 e. The van der Waals surface area contributed by atoms with Crippen molar-refractivity contribution in [3.05, 3.63) is 200 Å². The third-order valence-electron chi connectivity index (χ3n) is 11.5. The number of fused-ring (bicyclic) bond motifs is 8. The van der Waals surface area contributed by atoms with Crippen molar-refractivity contribution in [2.75, 3.05) is 0 Å². The van der Waals surface area contributed by atoms with Crippen LogP contribution >= 0.6 is 0 Å². The molecule has 5 heteroatoms. The third-order valence-corrected chi connectivity index (χ3v) is 11.5. The van der Waals surface area contributed by atoms with Crippen LogP contribution in [0.5, 0.6) is 0 Å². The summed E-state index contributed by atoms with van der Waals surface area (Å²) in [5, 5.41) is 5.91. The Kier molecular flexibility index (Phi) is 7.16. The standard InChI is InChI=1S/C53H33N5/c1-2-14-35(15-3-1)52-53(56-47-22-9-8-21-46(47)55-52)58-49-24-11-5-18-40(49)42-28-25-37(33-51(42)58)36-27-30-50-43(32-36)41-19-6-10-23-48(41)57(50)39-17-12-16-38(31-39)45-29-26-34-13-4-7-20-44(34)54-45/h1-33H. The maximum atomic E-state index is 5.34. The maximum absolute atomic E-state index is 5.34. The van der Waals surface area contributed by atoms with Crippen molar-refractivity contribution in [1.82, 2.24) is 24.1 Å². The van der Waals surface area contributed by atoms with Gasteiger partial charge in [0.05, 0.1) is 44.3 Å². The van der Waals surface area contributed by atoms with E-state index >= 15 is 0 Å². The lowest BCUT2D eigenvalue weighted by molar-refractivity contribution is 1.08. The fourth-order valence-electron chi connectivity index (χ4n) is 8.78. The Balaban J connectivity index is 1.04. The average Bonchev–Trinajstić information content (AvgIpc) is 3.81. The highest BCUT2D eigenvalue weighted by atomic mass is 15.1. The molecule has 0 fully saturated rings. The first-order chi connectivity index (χ1) is 28.7. The second-order valence-electron chi connectivity index (χ2n) is 14.9. The molecule has 0 aliphatic rings. The fourth-order valence-corrected chi connectivity index (χ4v) is 8.78. The van der Waals surface area contributed by atoms with Crippen LogP contribution in [0.1, 0.15) is 0 Å². The van der Waals surface area contributed by atoms with E-state index in [0.717, 1.165) is 89.2 Å². The minimum absolute atomic E-state index is 0.813. The molecule has 58 heavy (non-hydrogen) atoms. The van der Waals surface area contributed by atoms with Crippen LogP contribution in [0, 0.1) is 0 Å². The van der Waals surface area contributed by atoms with Gasteiger partial charge in [-0.2, -0.15) is 0 Å². The van der Waals surface area contributed by atoms with Gasteiger partial charge in [-0.25, -0.2) is 15.0 Å². The van der Waals surface area contributed by atoms with Crippen LogP contribution in [0.25, 0.3) is 111 Å². The number of nitrogens with zero attached hydrogens (tertiary/aromatic N) is 5. The number of hydrogen-bond donors (Lipinski definition) is 0. The SMILES string of the molecule is c1ccc(-c2nc3ccccc3nc2-n2c3ccccc3c3ccc(-c4ccc5c(c4)c4ccccc4n5-c4cccc(-c5ccc6ccccc6n5)c4)cc32)cc1. The number of pyridine rings is 1. The summed E-state index contributed by atoms with van der Waals surface area (Å²) in [5.41, 5.74) is 14.5. The molecule has 0 aliphatic heterocycles. The van der Waals surface area contributed by atoms with E-state index in [0.29, 0.717) is 0 Å². The average molecular weight is 740 g/mol. The quantitative estimate of drug-likeness (QED) is 0.177. The van der Waals surface area contributed by atoms with Gasteiger partial charge in [0.2, 0.25) is 0 Å². The lowest BCUT2D eigenvalue weighted by Crippen LogP contribution is -2.03. The van der Waals surface area contributed by atoms with Crippen LogP contribution in [0.2, 0.25) is 0 Å². The normalized spacial score (nSPS) is 11.8. The molecule has 12 aromatic rings. The number of aromatic nitrogens is 5. The van der Waals surface area contributed by atoms with Crippen LogP contribution in [0.4, 0.5) is 0 Å². The number of para-hydroxylation sites is 5. The van der Waals surface area contributed by atoms with Gasteiger partial charge in [0.25, 0.3) is 0 Å². The lowest BCUT2D eigenvalue weighted by atomic mass is 10.0. The van der Waals surface area contributed by atoms with Crippen LogP contribution in [-0.4, -0.2) is 24.1 Å². The highest BCUT2D eigenvalue weighted by molar-refractivity contribution is 6.12. The molecule has 0 saturated heterocycles. The van der Waals surface area contributed by atoms with Gasteiger partial charge >= 0.3 is 0 Å². The van der Waals surface area contributed by atoms with E-state index < -0.39 is 0 Å². The first-order valence-corrected chi connectivity index (χ1v) is 19.6. The van der Waals surface area contributed by atoms with Crippen LogP contribution in [0.15, 0.2) is 200 Å². The number of rotatable bonds is 5. The van der Waals surface area contributed by atoms with Gasteiger partial charge in [-0.05, 0) is 77.9 Å². The minimum atomic E-state index is 0.813. The van der Waals surface area contributed by atoms with E-state index in [9.17, 15) is 0 Å². The molecule has 0 atom stereocenters. The molecule has 0 radical (unpaired) electrons. The van der Waals surface area contributed by atoms with Gasteiger partial charge in [-0.15, -0.1) is 0 Å². The summed E-state index contributed by atoms with van der Waals surface area (Å²) in [6.45, 7) is 0. The Morgan fingerprint density at radius 1 is 0.310 bits per heavy atom. The molecular formula is C53H33N5. The molecule has 0 N–H and O–H groups in total. The Bertz CT molecular complexity index is 3580. The Labute approximate surface area is 333 Å². The van der Waals surface area contributed by atoms with E-state index in [1.807, 2.05) is 36.4 Å². The summed E-state index contributed by atoms with van der Waals surface area (Å²) in [4.78, 5) is 15.6. The Morgan fingerprint density at radius 3 is 1.78 bits per heavy atom. The van der Waals surface area contributed by atoms with Gasteiger partial charge < -0.3 is 4.57 Å². The van der Waals surface area contributed by atoms with Gasteiger partial charge in [-0.1, -0.05) is 133 Å². The molecule has 0 saturated carbocycles. The zero-order chi connectivity index (χ0) is 38.2. The van der Waals surface area contributed by atoms with Crippen LogP contribution < -0.4 is 0 Å². The second-order valence-corrected chi connectivity index (χ2v) is 14.9. The largest absolute Gasteiger partial charge is 0.309 e. The summed E-state index contributed by atoms with van der Waals surface area (Å²) in [6.07, 6.45) is 0. The maximum Gasteiger partial charge on any atom is 0.165 e. The van der Waals surface area contributed by atoms with Crippen molar-refractivity contribution >= 4 is 65.5 Å². The molecule has 12 rings (SSSR count). The smallest absolute Gasteiger partial charge is 0.165 e. The fraction of sp³-hybridized carbons (Fsp3) is 0. The molecule has 0 spiro atoms. The van der Waals surface area contributed by atoms with Crippen molar-refractivity contribution in [1.29, 1.82) is 0 Å². The molecule has 0 unspecified atom stereocenters.